The van der Waals surface area contributed by atoms with Gasteiger partial charge >= 0.3 is 0 Å². The maximum Gasteiger partial charge on any atom is 0.233 e. The number of thioether (sulfide) groups is 1. The Labute approximate surface area is 134 Å². The molecule has 2 aromatic heterocycles. The predicted molar refractivity (Wildman–Crippen MR) is 87.4 cm³/mol. The van der Waals surface area contributed by atoms with E-state index >= 15 is 0 Å². The number of H-pyrrole nitrogens is 1. The Bertz CT molecular complexity index is 626. The highest BCUT2D eigenvalue weighted by atomic mass is 32.2. The third kappa shape index (κ3) is 4.30. The van der Waals surface area contributed by atoms with E-state index in [4.69, 9.17) is 0 Å². The number of carbonyl (C=O) groups excluding carboxylic acids is 1. The van der Waals surface area contributed by atoms with E-state index in [1.165, 1.54) is 11.8 Å². The summed E-state index contributed by atoms with van der Waals surface area (Å²) in [6, 6.07) is 5.59. The van der Waals surface area contributed by atoms with Gasteiger partial charge in [0.1, 0.15) is 5.69 Å². The van der Waals surface area contributed by atoms with Crippen molar-refractivity contribution in [2.45, 2.75) is 50.1 Å². The van der Waals surface area contributed by atoms with Crippen LogP contribution in [0.3, 0.4) is 0 Å². The minimum absolute atomic E-state index is 0.0129. The van der Waals surface area contributed by atoms with Gasteiger partial charge in [-0.3, -0.25) is 14.9 Å². The molecule has 2 N–H and O–H groups in total. The highest BCUT2D eigenvalue weighted by Gasteiger charge is 2.23. The Morgan fingerprint density at radius 1 is 1.45 bits per heavy atom. The molecule has 2 rings (SSSR count). The van der Waals surface area contributed by atoms with Crippen molar-refractivity contribution in [2.24, 2.45) is 0 Å². The first-order valence-corrected chi connectivity index (χ1v) is 8.12. The molecule has 7 heteroatoms. The molecule has 2 heterocycles. The molecule has 0 aliphatic carbocycles. The van der Waals surface area contributed by atoms with Crippen LogP contribution in [-0.4, -0.2) is 36.9 Å². The number of amides is 1. The molecular weight excluding hydrogens is 298 g/mol. The molecule has 1 amide bonds. The number of aromatic nitrogens is 4. The quantitative estimate of drug-likeness (QED) is 0.800. The molecule has 0 spiro atoms. The van der Waals surface area contributed by atoms with Gasteiger partial charge in [-0.1, -0.05) is 24.8 Å². The van der Waals surface area contributed by atoms with Crippen LogP contribution >= 0.6 is 11.8 Å². The standard InChI is InChI=1S/C15H21N5OS/c1-5-15(3,4)18-13(21)10(2)22-14-17-12(19-20-14)11-8-6-7-9-16-11/h6-10H,5H2,1-4H3,(H,18,21)(H,17,19,20)/t10-/m1/s1. The second-order valence-electron chi connectivity index (χ2n) is 5.67. The van der Waals surface area contributed by atoms with Gasteiger partial charge in [0.15, 0.2) is 5.82 Å². The lowest BCUT2D eigenvalue weighted by atomic mass is 10.0. The molecule has 2 aromatic rings. The molecule has 0 bridgehead atoms. The molecule has 118 valence electrons. The molecule has 22 heavy (non-hydrogen) atoms. The number of nitrogens with zero attached hydrogens (tertiary/aromatic N) is 3. The Kier molecular flexibility index (Phi) is 5.18. The molecule has 0 aliphatic rings. The summed E-state index contributed by atoms with van der Waals surface area (Å²) in [7, 11) is 0. The van der Waals surface area contributed by atoms with Gasteiger partial charge in [0.2, 0.25) is 11.1 Å². The number of rotatable bonds is 6. The van der Waals surface area contributed by atoms with Crippen molar-refractivity contribution < 1.29 is 4.79 Å². The van der Waals surface area contributed by atoms with Crippen LogP contribution in [-0.2, 0) is 4.79 Å². The maximum atomic E-state index is 12.2. The van der Waals surface area contributed by atoms with Crippen LogP contribution < -0.4 is 5.32 Å². The topological polar surface area (TPSA) is 83.6 Å². The monoisotopic (exact) mass is 319 g/mol. The smallest absolute Gasteiger partial charge is 0.233 e. The Morgan fingerprint density at radius 2 is 2.23 bits per heavy atom. The number of hydrogen-bond acceptors (Lipinski definition) is 5. The van der Waals surface area contributed by atoms with Gasteiger partial charge in [-0.05, 0) is 39.3 Å². The summed E-state index contributed by atoms with van der Waals surface area (Å²) in [6.45, 7) is 7.91. The third-order valence-electron chi connectivity index (χ3n) is 3.37. The van der Waals surface area contributed by atoms with Crippen molar-refractivity contribution in [3.8, 4) is 11.5 Å². The summed E-state index contributed by atoms with van der Waals surface area (Å²) >= 11 is 1.33. The Hall–Kier alpha value is -1.89. The van der Waals surface area contributed by atoms with E-state index < -0.39 is 0 Å². The molecular formula is C15H21N5OS. The summed E-state index contributed by atoms with van der Waals surface area (Å²) in [5.41, 5.74) is 0.524. The van der Waals surface area contributed by atoms with Crippen molar-refractivity contribution in [1.29, 1.82) is 0 Å². The maximum absolute atomic E-state index is 12.2. The molecule has 0 aliphatic heterocycles. The normalized spacial score (nSPS) is 12.9. The van der Waals surface area contributed by atoms with Crippen LogP contribution in [0, 0.1) is 0 Å². The second-order valence-corrected chi connectivity index (χ2v) is 6.98. The molecule has 0 unspecified atom stereocenters. The number of aromatic amines is 1. The fourth-order valence-electron chi connectivity index (χ4n) is 1.65. The van der Waals surface area contributed by atoms with E-state index in [1.807, 2.05) is 45.9 Å². The molecule has 0 aromatic carbocycles. The first-order chi connectivity index (χ1) is 10.4. The number of hydrogen-bond donors (Lipinski definition) is 2. The van der Waals surface area contributed by atoms with Crippen molar-refractivity contribution in [3.63, 3.8) is 0 Å². The minimum Gasteiger partial charge on any atom is -0.350 e. The van der Waals surface area contributed by atoms with Gasteiger partial charge in [-0.15, -0.1) is 5.10 Å². The zero-order chi connectivity index (χ0) is 16.2. The van der Waals surface area contributed by atoms with E-state index in [9.17, 15) is 4.79 Å². The zero-order valence-corrected chi connectivity index (χ0v) is 14.1. The van der Waals surface area contributed by atoms with E-state index in [0.29, 0.717) is 11.0 Å². The van der Waals surface area contributed by atoms with Gasteiger partial charge < -0.3 is 5.32 Å². The molecule has 0 fully saturated rings. The van der Waals surface area contributed by atoms with Gasteiger partial charge in [0.25, 0.3) is 0 Å². The van der Waals surface area contributed by atoms with E-state index in [1.54, 1.807) is 6.20 Å². The summed E-state index contributed by atoms with van der Waals surface area (Å²) in [5, 5.41) is 10.3. The van der Waals surface area contributed by atoms with E-state index in [0.717, 1.165) is 12.1 Å². The van der Waals surface area contributed by atoms with Crippen LogP contribution in [0.25, 0.3) is 11.5 Å². The van der Waals surface area contributed by atoms with Gasteiger partial charge in [0, 0.05) is 11.7 Å². The average molecular weight is 319 g/mol. The van der Waals surface area contributed by atoms with Crippen LogP contribution in [0.15, 0.2) is 29.6 Å². The van der Waals surface area contributed by atoms with E-state index in [-0.39, 0.29) is 16.7 Å². The average Bonchev–Trinajstić information content (AvgIpc) is 2.96. The van der Waals surface area contributed by atoms with Crippen molar-refractivity contribution in [2.75, 3.05) is 0 Å². The summed E-state index contributed by atoms with van der Waals surface area (Å²) in [4.78, 5) is 20.8. The highest BCUT2D eigenvalue weighted by molar-refractivity contribution is 8.00. The number of carbonyl (C=O) groups is 1. The fourth-order valence-corrected chi connectivity index (χ4v) is 2.38. The Morgan fingerprint density at radius 3 is 2.86 bits per heavy atom. The van der Waals surface area contributed by atoms with Crippen molar-refractivity contribution >= 4 is 17.7 Å². The van der Waals surface area contributed by atoms with Crippen LogP contribution in [0.4, 0.5) is 0 Å². The van der Waals surface area contributed by atoms with Gasteiger partial charge in [-0.25, -0.2) is 0 Å². The molecule has 0 saturated heterocycles. The SMILES string of the molecule is CCC(C)(C)NC(=O)[C@@H](C)Sc1n[nH]c(-c2ccccn2)n1. The van der Waals surface area contributed by atoms with Gasteiger partial charge in [0.05, 0.1) is 5.25 Å². The Balaban J connectivity index is 1.99. The third-order valence-corrected chi connectivity index (χ3v) is 4.33. The largest absolute Gasteiger partial charge is 0.350 e. The van der Waals surface area contributed by atoms with Gasteiger partial charge in [-0.2, -0.15) is 4.98 Å². The van der Waals surface area contributed by atoms with Crippen LogP contribution in [0.2, 0.25) is 0 Å². The molecule has 0 radical (unpaired) electrons. The van der Waals surface area contributed by atoms with Crippen LogP contribution in [0.5, 0.6) is 0 Å². The number of pyridine rings is 1. The fraction of sp³-hybridized carbons (Fsp3) is 0.467. The summed E-state index contributed by atoms with van der Waals surface area (Å²) in [6.07, 6.45) is 2.58. The summed E-state index contributed by atoms with van der Waals surface area (Å²) in [5.74, 6) is 0.589. The highest BCUT2D eigenvalue weighted by Crippen LogP contribution is 2.22. The predicted octanol–water partition coefficient (Wildman–Crippen LogP) is 2.65. The molecule has 6 nitrogen and oxygen atoms in total. The first-order valence-electron chi connectivity index (χ1n) is 7.24. The molecule has 1 atom stereocenters. The lowest BCUT2D eigenvalue weighted by Crippen LogP contribution is -2.46. The summed E-state index contributed by atoms with van der Waals surface area (Å²) < 4.78 is 0. The van der Waals surface area contributed by atoms with Crippen LogP contribution in [0.1, 0.15) is 34.1 Å². The molecule has 0 saturated carbocycles. The lowest BCUT2D eigenvalue weighted by molar-refractivity contribution is -0.121. The zero-order valence-electron chi connectivity index (χ0n) is 13.3. The minimum atomic E-state index is -0.266. The van der Waals surface area contributed by atoms with Crippen molar-refractivity contribution in [1.82, 2.24) is 25.5 Å². The first kappa shape index (κ1) is 16.5. The second kappa shape index (κ2) is 6.91. The number of nitrogens with one attached hydrogen (secondary N) is 2. The lowest BCUT2D eigenvalue weighted by Gasteiger charge is -2.26. The van der Waals surface area contributed by atoms with Crippen molar-refractivity contribution in [3.05, 3.63) is 24.4 Å². The van der Waals surface area contributed by atoms with E-state index in [2.05, 4.69) is 25.5 Å².